The second kappa shape index (κ2) is 8.26. The van der Waals surface area contributed by atoms with E-state index in [0.717, 1.165) is 15.4 Å². The first kappa shape index (κ1) is 20.5. The quantitative estimate of drug-likeness (QED) is 0.819. The van der Waals surface area contributed by atoms with Crippen LogP contribution in [0.4, 0.5) is 9.59 Å². The first-order valence-corrected chi connectivity index (χ1v) is 8.46. The molecule has 9 nitrogen and oxygen atoms in total. The van der Waals surface area contributed by atoms with Crippen molar-refractivity contribution in [2.45, 2.75) is 45.2 Å². The van der Waals surface area contributed by atoms with Gasteiger partial charge in [-0.2, -0.15) is 0 Å². The van der Waals surface area contributed by atoms with Crippen LogP contribution in [-0.2, 0) is 20.9 Å². The summed E-state index contributed by atoms with van der Waals surface area (Å²) in [4.78, 5) is 37.9. The zero-order valence-electron chi connectivity index (χ0n) is 15.5. The molecule has 148 valence electrons. The molecule has 0 aromatic heterocycles. The van der Waals surface area contributed by atoms with Crippen LogP contribution in [0.15, 0.2) is 30.3 Å². The van der Waals surface area contributed by atoms with Gasteiger partial charge in [0, 0.05) is 0 Å². The summed E-state index contributed by atoms with van der Waals surface area (Å²) in [5.41, 5.74) is -0.0837. The number of hydrogen-bond donors (Lipinski definition) is 2. The number of ether oxygens (including phenoxy) is 2. The normalized spacial score (nSPS) is 20.1. The number of hydrogen-bond acceptors (Lipinski definition) is 6. The van der Waals surface area contributed by atoms with Gasteiger partial charge in [-0.25, -0.2) is 14.4 Å². The molecule has 0 spiro atoms. The lowest BCUT2D eigenvalue weighted by Crippen LogP contribution is -2.64. The van der Waals surface area contributed by atoms with E-state index in [9.17, 15) is 24.6 Å². The minimum atomic E-state index is -1.53. The van der Waals surface area contributed by atoms with Crippen LogP contribution in [0.5, 0.6) is 0 Å². The van der Waals surface area contributed by atoms with Gasteiger partial charge in [-0.1, -0.05) is 30.3 Å². The zero-order valence-corrected chi connectivity index (χ0v) is 15.5. The van der Waals surface area contributed by atoms with Gasteiger partial charge in [0.05, 0.1) is 13.1 Å². The fourth-order valence-corrected chi connectivity index (χ4v) is 2.58. The molecule has 1 aromatic rings. The van der Waals surface area contributed by atoms with E-state index in [0.29, 0.717) is 0 Å². The number of rotatable bonds is 3. The standard InChI is InChI=1S/C18H24N2O7/c1-18(2,3)27-17(25)20-13(15(22)23)9-19(10-14(20)21)16(24)26-11-12-7-5-4-6-8-12/h4-8,13-14,21H,9-11H2,1-3H3,(H,22,23). The smallest absolute Gasteiger partial charge is 0.413 e. The number of β-amino-alcohol motifs (C(OH)–C–C–N with tert-alkyl or cyclic N) is 1. The van der Waals surface area contributed by atoms with Gasteiger partial charge in [-0.05, 0) is 26.3 Å². The Bertz CT molecular complexity index is 687. The number of aliphatic hydroxyl groups excluding tert-OH is 1. The van der Waals surface area contributed by atoms with E-state index < -0.39 is 36.0 Å². The van der Waals surface area contributed by atoms with Crippen molar-refractivity contribution in [2.75, 3.05) is 13.1 Å². The van der Waals surface area contributed by atoms with Crippen LogP contribution in [0.2, 0.25) is 0 Å². The summed E-state index contributed by atoms with van der Waals surface area (Å²) in [5.74, 6) is -1.36. The molecule has 0 saturated carbocycles. The van der Waals surface area contributed by atoms with Gasteiger partial charge in [-0.3, -0.25) is 4.90 Å². The van der Waals surface area contributed by atoms with E-state index >= 15 is 0 Å². The van der Waals surface area contributed by atoms with Crippen LogP contribution in [0.25, 0.3) is 0 Å². The number of nitrogens with zero attached hydrogens (tertiary/aromatic N) is 2. The Morgan fingerprint density at radius 1 is 1.11 bits per heavy atom. The molecule has 1 fully saturated rings. The second-order valence-electron chi connectivity index (χ2n) is 7.17. The Hall–Kier alpha value is -2.81. The molecule has 27 heavy (non-hydrogen) atoms. The number of aliphatic hydroxyl groups is 1. The van der Waals surface area contributed by atoms with Gasteiger partial charge in [-0.15, -0.1) is 0 Å². The van der Waals surface area contributed by atoms with Crippen LogP contribution in [-0.4, -0.2) is 69.1 Å². The van der Waals surface area contributed by atoms with Crippen molar-refractivity contribution in [1.82, 2.24) is 9.80 Å². The van der Waals surface area contributed by atoms with Crippen LogP contribution >= 0.6 is 0 Å². The van der Waals surface area contributed by atoms with E-state index in [1.807, 2.05) is 6.07 Å². The minimum absolute atomic E-state index is 0.0137. The Morgan fingerprint density at radius 3 is 2.30 bits per heavy atom. The number of carbonyl (C=O) groups is 3. The summed E-state index contributed by atoms with van der Waals surface area (Å²) in [6.45, 7) is 4.30. The molecular formula is C18H24N2O7. The fourth-order valence-electron chi connectivity index (χ4n) is 2.58. The molecule has 2 N–H and O–H groups in total. The fraction of sp³-hybridized carbons (Fsp3) is 0.500. The highest BCUT2D eigenvalue weighted by atomic mass is 16.6. The van der Waals surface area contributed by atoms with Crippen LogP contribution < -0.4 is 0 Å². The molecule has 9 heteroatoms. The molecule has 0 aliphatic carbocycles. The summed E-state index contributed by atoms with van der Waals surface area (Å²) in [5, 5.41) is 19.7. The van der Waals surface area contributed by atoms with Crippen molar-refractivity contribution >= 4 is 18.2 Å². The van der Waals surface area contributed by atoms with Crippen molar-refractivity contribution in [2.24, 2.45) is 0 Å². The van der Waals surface area contributed by atoms with Crippen LogP contribution in [0, 0.1) is 0 Å². The highest BCUT2D eigenvalue weighted by Gasteiger charge is 2.44. The second-order valence-corrected chi connectivity index (χ2v) is 7.17. The van der Waals surface area contributed by atoms with Gasteiger partial charge in [0.2, 0.25) is 0 Å². The predicted octanol–water partition coefficient (Wildman–Crippen LogP) is 1.65. The first-order valence-electron chi connectivity index (χ1n) is 8.46. The Balaban J connectivity index is 2.05. The van der Waals surface area contributed by atoms with E-state index in [4.69, 9.17) is 9.47 Å². The van der Waals surface area contributed by atoms with E-state index in [2.05, 4.69) is 0 Å². The SMILES string of the molecule is CC(C)(C)OC(=O)N1C(O)CN(C(=O)OCc2ccccc2)CC1C(=O)O. The van der Waals surface area contributed by atoms with Crippen molar-refractivity contribution < 1.29 is 34.1 Å². The summed E-state index contributed by atoms with van der Waals surface area (Å²) in [6.07, 6.45) is -3.26. The molecule has 2 rings (SSSR count). The Morgan fingerprint density at radius 2 is 1.74 bits per heavy atom. The lowest BCUT2D eigenvalue weighted by atomic mass is 10.1. The minimum Gasteiger partial charge on any atom is -0.480 e. The number of aliphatic carboxylic acids is 1. The molecule has 2 amide bonds. The van der Waals surface area contributed by atoms with Crippen LogP contribution in [0.3, 0.4) is 0 Å². The third kappa shape index (κ3) is 5.58. The maximum Gasteiger partial charge on any atom is 0.413 e. The van der Waals surface area contributed by atoms with Gasteiger partial charge in [0.15, 0.2) is 12.3 Å². The molecule has 1 saturated heterocycles. The first-order chi connectivity index (χ1) is 12.6. The van der Waals surface area contributed by atoms with E-state index in [-0.39, 0.29) is 19.7 Å². The average molecular weight is 380 g/mol. The Labute approximate surface area is 157 Å². The van der Waals surface area contributed by atoms with Gasteiger partial charge >= 0.3 is 18.2 Å². The number of amides is 2. The molecule has 0 bridgehead atoms. The molecule has 0 radical (unpaired) electrons. The van der Waals surface area contributed by atoms with E-state index in [1.54, 1.807) is 45.0 Å². The molecule has 2 unspecified atom stereocenters. The molecule has 1 aliphatic rings. The van der Waals surface area contributed by atoms with Crippen molar-refractivity contribution in [3.8, 4) is 0 Å². The predicted molar refractivity (Wildman–Crippen MR) is 93.7 cm³/mol. The molecule has 2 atom stereocenters. The topological polar surface area (TPSA) is 117 Å². The molecule has 1 aromatic carbocycles. The maximum absolute atomic E-state index is 12.3. The van der Waals surface area contributed by atoms with Gasteiger partial charge in [0.25, 0.3) is 0 Å². The van der Waals surface area contributed by atoms with Gasteiger partial charge < -0.3 is 24.6 Å². The van der Waals surface area contributed by atoms with Crippen LogP contribution in [0.1, 0.15) is 26.3 Å². The average Bonchev–Trinajstić information content (AvgIpc) is 2.58. The van der Waals surface area contributed by atoms with Gasteiger partial charge in [0.1, 0.15) is 12.2 Å². The number of carbonyl (C=O) groups excluding carboxylic acids is 2. The number of carboxylic acid groups (broad SMARTS) is 1. The molecular weight excluding hydrogens is 356 g/mol. The maximum atomic E-state index is 12.3. The largest absolute Gasteiger partial charge is 0.480 e. The number of piperazine rings is 1. The lowest BCUT2D eigenvalue weighted by molar-refractivity contribution is -0.154. The summed E-state index contributed by atoms with van der Waals surface area (Å²) in [6, 6.07) is 7.54. The monoisotopic (exact) mass is 380 g/mol. The lowest BCUT2D eigenvalue weighted by Gasteiger charge is -2.42. The molecule has 1 heterocycles. The molecule has 1 aliphatic heterocycles. The highest BCUT2D eigenvalue weighted by molar-refractivity contribution is 5.82. The Kier molecular flexibility index (Phi) is 6.27. The van der Waals surface area contributed by atoms with E-state index in [1.165, 1.54) is 0 Å². The number of carboxylic acids is 1. The van der Waals surface area contributed by atoms with Crippen molar-refractivity contribution in [3.63, 3.8) is 0 Å². The van der Waals surface area contributed by atoms with Crippen molar-refractivity contribution in [1.29, 1.82) is 0 Å². The zero-order chi connectivity index (χ0) is 20.2. The summed E-state index contributed by atoms with van der Waals surface area (Å²) >= 11 is 0. The third-order valence-corrected chi connectivity index (χ3v) is 3.79. The summed E-state index contributed by atoms with van der Waals surface area (Å²) in [7, 11) is 0. The third-order valence-electron chi connectivity index (χ3n) is 3.79. The van der Waals surface area contributed by atoms with Crippen molar-refractivity contribution in [3.05, 3.63) is 35.9 Å². The summed E-state index contributed by atoms with van der Waals surface area (Å²) < 4.78 is 10.3. The number of benzene rings is 1. The highest BCUT2D eigenvalue weighted by Crippen LogP contribution is 2.20.